The maximum absolute atomic E-state index is 5.32. The van der Waals surface area contributed by atoms with E-state index >= 15 is 0 Å². The normalized spacial score (nSPS) is 8.73. The van der Waals surface area contributed by atoms with Gasteiger partial charge < -0.3 is 11.5 Å². The van der Waals surface area contributed by atoms with Crippen LogP contribution in [-0.4, -0.2) is 19.9 Å². The number of halogens is 1. The molecule has 0 saturated carbocycles. The van der Waals surface area contributed by atoms with Crippen LogP contribution in [-0.2, 0) is 0 Å². The van der Waals surface area contributed by atoms with Crippen LogP contribution in [0.4, 0.5) is 11.6 Å². The van der Waals surface area contributed by atoms with Crippen molar-refractivity contribution in [3.63, 3.8) is 0 Å². The zero-order valence-electron chi connectivity index (χ0n) is 13.0. The van der Waals surface area contributed by atoms with Crippen LogP contribution < -0.4 is 11.5 Å². The lowest BCUT2D eigenvalue weighted by Crippen LogP contribution is -1.93. The summed E-state index contributed by atoms with van der Waals surface area (Å²) in [5.41, 5.74) is 13.4. The highest BCUT2D eigenvalue weighted by atomic mass is 79.9. The Kier molecular flexibility index (Phi) is 9.36. The maximum Gasteiger partial charge on any atom is 0.141 e. The first-order valence-electron chi connectivity index (χ1n) is 6.31. The molecule has 0 aliphatic heterocycles. The molecule has 0 saturated heterocycles. The van der Waals surface area contributed by atoms with Crippen LogP contribution in [0.3, 0.4) is 0 Å². The van der Waals surface area contributed by atoms with Crippen LogP contribution in [0.5, 0.6) is 0 Å². The molecule has 0 fully saturated rings. The van der Waals surface area contributed by atoms with Gasteiger partial charge in [-0.15, -0.1) is 6.58 Å². The molecular weight excluding hydrogens is 344 g/mol. The van der Waals surface area contributed by atoms with E-state index in [1.807, 2.05) is 20.8 Å². The van der Waals surface area contributed by atoms with E-state index in [4.69, 9.17) is 11.5 Å². The van der Waals surface area contributed by atoms with Crippen molar-refractivity contribution in [1.29, 1.82) is 0 Å². The van der Waals surface area contributed by atoms with E-state index in [0.29, 0.717) is 16.2 Å². The van der Waals surface area contributed by atoms with Crippen molar-refractivity contribution in [3.8, 4) is 0 Å². The van der Waals surface area contributed by atoms with E-state index in [1.165, 1.54) is 18.0 Å². The fraction of sp³-hybridized carbons (Fsp3) is 0.200. The first-order valence-corrected chi connectivity index (χ1v) is 7.10. The lowest BCUT2D eigenvalue weighted by atomic mass is 10.3. The number of nitrogen functional groups attached to an aromatic ring is 2. The van der Waals surface area contributed by atoms with Crippen LogP contribution in [0.1, 0.15) is 26.5 Å². The first-order chi connectivity index (χ1) is 10.2. The zero-order valence-corrected chi connectivity index (χ0v) is 14.6. The summed E-state index contributed by atoms with van der Waals surface area (Å²) in [6.07, 6.45) is 6.17. The maximum atomic E-state index is 5.32. The summed E-state index contributed by atoms with van der Waals surface area (Å²) >= 11 is 3.12. The molecule has 22 heavy (non-hydrogen) atoms. The minimum Gasteiger partial charge on any atom is -0.382 e. The Morgan fingerprint density at radius 1 is 0.864 bits per heavy atom. The van der Waals surface area contributed by atoms with Gasteiger partial charge in [0.1, 0.15) is 16.2 Å². The Bertz CT molecular complexity index is 567. The molecule has 7 heteroatoms. The molecule has 6 nitrogen and oxygen atoms in total. The quantitative estimate of drug-likeness (QED) is 0.750. The average Bonchev–Trinajstić information content (AvgIpc) is 2.43. The number of nitrogens with two attached hydrogens (primary N) is 2. The summed E-state index contributed by atoms with van der Waals surface area (Å²) < 4.78 is 0.701. The number of hydrogen-bond acceptors (Lipinski definition) is 6. The van der Waals surface area contributed by atoms with Gasteiger partial charge in [-0.3, -0.25) is 4.98 Å². The van der Waals surface area contributed by atoms with Gasteiger partial charge in [0.15, 0.2) is 0 Å². The molecule has 0 atom stereocenters. The van der Waals surface area contributed by atoms with Gasteiger partial charge >= 0.3 is 0 Å². The Labute approximate surface area is 139 Å². The summed E-state index contributed by atoms with van der Waals surface area (Å²) in [5, 5.41) is 0. The van der Waals surface area contributed by atoms with E-state index in [2.05, 4.69) is 49.0 Å². The minimum absolute atomic E-state index is 0.435. The largest absolute Gasteiger partial charge is 0.382 e. The zero-order chi connectivity index (χ0) is 17.1. The molecule has 0 radical (unpaired) electrons. The van der Waals surface area contributed by atoms with E-state index in [-0.39, 0.29) is 0 Å². The Morgan fingerprint density at radius 3 is 1.59 bits per heavy atom. The molecule has 0 bridgehead atoms. The summed E-state index contributed by atoms with van der Waals surface area (Å²) in [7, 11) is 0. The van der Waals surface area contributed by atoms with Gasteiger partial charge in [-0.05, 0) is 42.3 Å². The molecule has 0 aliphatic rings. The van der Waals surface area contributed by atoms with Crippen LogP contribution in [0.15, 0.2) is 48.1 Å². The lowest BCUT2D eigenvalue weighted by molar-refractivity contribution is 1.17. The molecule has 2 aromatic rings. The third kappa shape index (κ3) is 10.5. The number of allylic oxidation sites excluding steroid dienone is 2. The third-order valence-electron chi connectivity index (χ3n) is 1.75. The topological polar surface area (TPSA) is 104 Å². The molecule has 118 valence electrons. The van der Waals surface area contributed by atoms with Crippen LogP contribution >= 0.6 is 15.9 Å². The Hall–Kier alpha value is -2.28. The van der Waals surface area contributed by atoms with Gasteiger partial charge in [-0.1, -0.05) is 12.2 Å². The second-order valence-electron chi connectivity index (χ2n) is 4.58. The van der Waals surface area contributed by atoms with E-state index in [1.54, 1.807) is 12.4 Å². The highest BCUT2D eigenvalue weighted by Crippen LogP contribution is 2.05. The highest BCUT2D eigenvalue weighted by Gasteiger charge is 1.92. The lowest BCUT2D eigenvalue weighted by Gasteiger charge is -1.96. The van der Waals surface area contributed by atoms with Gasteiger partial charge in [0.2, 0.25) is 0 Å². The third-order valence-corrected chi connectivity index (χ3v) is 2.16. The van der Waals surface area contributed by atoms with E-state index < -0.39 is 0 Å². The van der Waals surface area contributed by atoms with Crippen molar-refractivity contribution in [2.24, 2.45) is 0 Å². The SMILES string of the molecule is C=C(C)C.C=C(C)c1cnc(N)cn1.Nc1cnc(Br)cn1. The van der Waals surface area contributed by atoms with Crippen molar-refractivity contribution in [2.45, 2.75) is 20.8 Å². The number of anilines is 2. The molecule has 2 aromatic heterocycles. The minimum atomic E-state index is 0.435. The monoisotopic (exact) mass is 364 g/mol. The fourth-order valence-corrected chi connectivity index (χ4v) is 1.09. The van der Waals surface area contributed by atoms with Crippen molar-refractivity contribution in [3.05, 3.63) is 53.8 Å². The standard InChI is InChI=1S/C7H9N3.C4H4BrN3.C4H8/c1-5(2)6-3-10-7(8)4-9-6;5-3-1-8-4(6)2-7-3;1-4(2)3/h3-4H,1H2,2H3,(H2,8,10);1-2H,(H2,6,8);1H2,2-3H3. The van der Waals surface area contributed by atoms with Gasteiger partial charge in [0, 0.05) is 0 Å². The average molecular weight is 365 g/mol. The van der Waals surface area contributed by atoms with Crippen molar-refractivity contribution in [2.75, 3.05) is 11.5 Å². The van der Waals surface area contributed by atoms with Crippen molar-refractivity contribution >= 4 is 33.1 Å². The van der Waals surface area contributed by atoms with Crippen molar-refractivity contribution < 1.29 is 0 Å². The van der Waals surface area contributed by atoms with Crippen LogP contribution in [0, 0.1) is 0 Å². The van der Waals surface area contributed by atoms with Crippen LogP contribution in [0.25, 0.3) is 5.57 Å². The van der Waals surface area contributed by atoms with E-state index in [0.717, 1.165) is 11.3 Å². The number of hydrogen-bond donors (Lipinski definition) is 2. The number of aromatic nitrogens is 4. The van der Waals surface area contributed by atoms with Gasteiger partial charge in [0.25, 0.3) is 0 Å². The van der Waals surface area contributed by atoms with Gasteiger partial charge in [0.05, 0.1) is 30.5 Å². The highest BCUT2D eigenvalue weighted by molar-refractivity contribution is 9.10. The molecule has 2 rings (SSSR count). The van der Waals surface area contributed by atoms with Gasteiger partial charge in [-0.2, -0.15) is 0 Å². The van der Waals surface area contributed by atoms with Gasteiger partial charge in [-0.25, -0.2) is 15.0 Å². The summed E-state index contributed by atoms with van der Waals surface area (Å²) in [6, 6.07) is 0. The predicted molar refractivity (Wildman–Crippen MR) is 95.8 cm³/mol. The summed E-state index contributed by atoms with van der Waals surface area (Å²) in [6.45, 7) is 13.1. The van der Waals surface area contributed by atoms with Crippen molar-refractivity contribution in [1.82, 2.24) is 19.9 Å². The molecular formula is C15H21BrN6. The molecule has 0 aliphatic carbocycles. The first kappa shape index (κ1) is 19.7. The Morgan fingerprint density at radius 2 is 1.32 bits per heavy atom. The second-order valence-corrected chi connectivity index (χ2v) is 5.39. The molecule has 0 amide bonds. The fourth-order valence-electron chi connectivity index (χ4n) is 0.881. The smallest absolute Gasteiger partial charge is 0.141 e. The molecule has 0 aromatic carbocycles. The number of nitrogens with zero attached hydrogens (tertiary/aromatic N) is 4. The Balaban J connectivity index is 0.000000330. The summed E-state index contributed by atoms with van der Waals surface area (Å²) in [5.74, 6) is 0.873. The molecule has 0 unspecified atom stereocenters. The molecule has 0 spiro atoms. The molecule has 2 heterocycles. The molecule has 4 N–H and O–H groups in total. The second kappa shape index (κ2) is 10.4. The number of rotatable bonds is 1. The summed E-state index contributed by atoms with van der Waals surface area (Å²) in [4.78, 5) is 15.4. The van der Waals surface area contributed by atoms with Crippen LogP contribution in [0.2, 0.25) is 0 Å². The van der Waals surface area contributed by atoms with E-state index in [9.17, 15) is 0 Å². The predicted octanol–water partition coefficient (Wildman–Crippen LogP) is 3.50.